The molecule has 1 aromatic carbocycles. The summed E-state index contributed by atoms with van der Waals surface area (Å²) in [6.07, 6.45) is 3.35. The fraction of sp³-hybridized carbons (Fsp3) is 0.0833. The van der Waals surface area contributed by atoms with Crippen molar-refractivity contribution in [1.82, 2.24) is 4.98 Å². The second-order valence-corrected chi connectivity index (χ2v) is 3.75. The average Bonchev–Trinajstić information content (AvgIpc) is 2.30. The van der Waals surface area contributed by atoms with Crippen LogP contribution in [0.5, 0.6) is 5.75 Å². The molecule has 0 unspecified atom stereocenters. The van der Waals surface area contributed by atoms with E-state index in [1.54, 1.807) is 30.6 Å². The van der Waals surface area contributed by atoms with Crippen molar-refractivity contribution in [2.24, 2.45) is 0 Å². The maximum Gasteiger partial charge on any atom is 0.119 e. The minimum atomic E-state index is 0.404. The Kier molecular flexibility index (Phi) is 3.27. The summed E-state index contributed by atoms with van der Waals surface area (Å²) in [5.74, 6) is 0.757. The molecular formula is C12H11ClN2O. The number of benzene rings is 1. The molecule has 0 aliphatic carbocycles. The number of nitrogens with two attached hydrogens (primary N) is 1. The van der Waals surface area contributed by atoms with Gasteiger partial charge in [-0.05, 0) is 30.3 Å². The van der Waals surface area contributed by atoms with Crippen LogP contribution in [0, 0.1) is 0 Å². The first kappa shape index (κ1) is 10.8. The molecule has 3 nitrogen and oxygen atoms in total. The minimum Gasteiger partial charge on any atom is -0.489 e. The van der Waals surface area contributed by atoms with Gasteiger partial charge in [-0.15, -0.1) is 0 Å². The molecule has 0 amide bonds. The van der Waals surface area contributed by atoms with E-state index in [9.17, 15) is 0 Å². The van der Waals surface area contributed by atoms with Crippen molar-refractivity contribution in [3.8, 4) is 5.75 Å². The van der Waals surface area contributed by atoms with Crippen LogP contribution in [0.1, 0.15) is 5.56 Å². The van der Waals surface area contributed by atoms with E-state index < -0.39 is 0 Å². The van der Waals surface area contributed by atoms with Gasteiger partial charge in [-0.3, -0.25) is 4.98 Å². The molecule has 0 fully saturated rings. The molecule has 0 atom stereocenters. The van der Waals surface area contributed by atoms with E-state index in [2.05, 4.69) is 4.98 Å². The molecule has 2 aromatic rings. The van der Waals surface area contributed by atoms with Gasteiger partial charge in [-0.25, -0.2) is 0 Å². The first-order valence-corrected chi connectivity index (χ1v) is 5.20. The van der Waals surface area contributed by atoms with Crippen LogP contribution in [-0.4, -0.2) is 4.98 Å². The number of anilines is 1. The topological polar surface area (TPSA) is 48.1 Å². The molecule has 16 heavy (non-hydrogen) atoms. The molecule has 0 saturated carbocycles. The average molecular weight is 235 g/mol. The summed E-state index contributed by atoms with van der Waals surface area (Å²) in [6, 6.07) is 8.94. The van der Waals surface area contributed by atoms with Crippen molar-refractivity contribution < 1.29 is 4.74 Å². The molecule has 82 valence electrons. The van der Waals surface area contributed by atoms with Gasteiger partial charge in [-0.1, -0.05) is 11.6 Å². The molecule has 0 aliphatic heterocycles. The third kappa shape index (κ3) is 2.64. The Hall–Kier alpha value is -1.74. The molecule has 2 N–H and O–H groups in total. The number of hydrogen-bond donors (Lipinski definition) is 1. The SMILES string of the molecule is Nc1ccncc1COc1ccc(Cl)cc1. The predicted molar refractivity (Wildman–Crippen MR) is 64.4 cm³/mol. The number of ether oxygens (including phenoxy) is 1. The van der Waals surface area contributed by atoms with Crippen LogP contribution in [0.15, 0.2) is 42.7 Å². The van der Waals surface area contributed by atoms with Crippen LogP contribution in [-0.2, 0) is 6.61 Å². The van der Waals surface area contributed by atoms with Crippen molar-refractivity contribution in [1.29, 1.82) is 0 Å². The van der Waals surface area contributed by atoms with Crippen molar-refractivity contribution in [2.45, 2.75) is 6.61 Å². The Morgan fingerprint density at radius 3 is 2.62 bits per heavy atom. The van der Waals surface area contributed by atoms with Crippen LogP contribution >= 0.6 is 11.6 Å². The highest BCUT2D eigenvalue weighted by molar-refractivity contribution is 6.30. The number of aromatic nitrogens is 1. The van der Waals surface area contributed by atoms with E-state index in [-0.39, 0.29) is 0 Å². The summed E-state index contributed by atoms with van der Waals surface area (Å²) in [4.78, 5) is 3.99. The fourth-order valence-electron chi connectivity index (χ4n) is 1.25. The molecule has 0 aliphatic rings. The third-order valence-electron chi connectivity index (χ3n) is 2.15. The number of hydrogen-bond acceptors (Lipinski definition) is 3. The quantitative estimate of drug-likeness (QED) is 0.888. The predicted octanol–water partition coefficient (Wildman–Crippen LogP) is 2.90. The molecule has 2 rings (SSSR count). The zero-order valence-electron chi connectivity index (χ0n) is 8.56. The monoisotopic (exact) mass is 234 g/mol. The Morgan fingerprint density at radius 2 is 1.94 bits per heavy atom. The summed E-state index contributed by atoms with van der Waals surface area (Å²) in [5.41, 5.74) is 7.32. The van der Waals surface area contributed by atoms with E-state index in [1.165, 1.54) is 0 Å². The van der Waals surface area contributed by atoms with Gasteiger partial charge in [0.2, 0.25) is 0 Å². The van der Waals surface area contributed by atoms with Crippen molar-refractivity contribution in [2.75, 3.05) is 5.73 Å². The highest BCUT2D eigenvalue weighted by Crippen LogP contribution is 2.18. The Labute approximate surface area is 98.8 Å². The van der Waals surface area contributed by atoms with Crippen LogP contribution in [0.4, 0.5) is 5.69 Å². The largest absolute Gasteiger partial charge is 0.489 e. The maximum atomic E-state index is 5.77. The first-order valence-electron chi connectivity index (χ1n) is 4.82. The smallest absolute Gasteiger partial charge is 0.119 e. The number of halogens is 1. The Morgan fingerprint density at radius 1 is 1.19 bits per heavy atom. The van der Waals surface area contributed by atoms with E-state index in [0.29, 0.717) is 17.3 Å². The lowest BCUT2D eigenvalue weighted by molar-refractivity contribution is 0.306. The van der Waals surface area contributed by atoms with Gasteiger partial charge in [0.25, 0.3) is 0 Å². The molecule has 0 spiro atoms. The van der Waals surface area contributed by atoms with Crippen LogP contribution < -0.4 is 10.5 Å². The van der Waals surface area contributed by atoms with Gasteiger partial charge >= 0.3 is 0 Å². The second-order valence-electron chi connectivity index (χ2n) is 3.32. The molecule has 1 heterocycles. The standard InChI is InChI=1S/C12H11ClN2O/c13-10-1-3-11(4-2-10)16-8-9-7-15-6-5-12(9)14/h1-7H,8H2,(H2,14,15). The number of rotatable bonds is 3. The van der Waals surface area contributed by atoms with Crippen molar-refractivity contribution >= 4 is 17.3 Å². The lowest BCUT2D eigenvalue weighted by Gasteiger charge is -2.07. The summed E-state index contributed by atoms with van der Waals surface area (Å²) in [5, 5.41) is 0.688. The third-order valence-corrected chi connectivity index (χ3v) is 2.40. The summed E-state index contributed by atoms with van der Waals surface area (Å²) >= 11 is 5.77. The zero-order valence-corrected chi connectivity index (χ0v) is 9.32. The summed E-state index contributed by atoms with van der Waals surface area (Å²) < 4.78 is 5.55. The molecule has 4 heteroatoms. The Balaban J connectivity index is 2.02. The number of nitrogens with zero attached hydrogens (tertiary/aromatic N) is 1. The lowest BCUT2D eigenvalue weighted by Crippen LogP contribution is -2.00. The zero-order chi connectivity index (χ0) is 11.4. The Bertz CT molecular complexity index is 471. The molecular weight excluding hydrogens is 224 g/mol. The van der Waals surface area contributed by atoms with Gasteiger partial charge in [0, 0.05) is 28.7 Å². The molecule has 0 bridgehead atoms. The fourth-order valence-corrected chi connectivity index (χ4v) is 1.38. The summed E-state index contributed by atoms with van der Waals surface area (Å²) in [6.45, 7) is 0.404. The van der Waals surface area contributed by atoms with Gasteiger partial charge in [0.15, 0.2) is 0 Å². The number of nitrogen functional groups attached to an aromatic ring is 1. The number of pyridine rings is 1. The van der Waals surface area contributed by atoms with E-state index in [4.69, 9.17) is 22.1 Å². The van der Waals surface area contributed by atoms with Crippen molar-refractivity contribution in [3.05, 3.63) is 53.3 Å². The van der Waals surface area contributed by atoms with Crippen LogP contribution in [0.2, 0.25) is 5.02 Å². The normalized spacial score (nSPS) is 10.1. The maximum absolute atomic E-state index is 5.77. The van der Waals surface area contributed by atoms with Crippen LogP contribution in [0.3, 0.4) is 0 Å². The lowest BCUT2D eigenvalue weighted by atomic mass is 10.2. The van der Waals surface area contributed by atoms with Gasteiger partial charge in [0.1, 0.15) is 12.4 Å². The molecule has 1 aromatic heterocycles. The second kappa shape index (κ2) is 4.86. The van der Waals surface area contributed by atoms with E-state index in [1.807, 2.05) is 12.1 Å². The summed E-state index contributed by atoms with van der Waals surface area (Å²) in [7, 11) is 0. The first-order chi connectivity index (χ1) is 7.75. The van der Waals surface area contributed by atoms with E-state index >= 15 is 0 Å². The molecule has 0 saturated heterocycles. The van der Waals surface area contributed by atoms with Gasteiger partial charge in [-0.2, -0.15) is 0 Å². The highest BCUT2D eigenvalue weighted by atomic mass is 35.5. The minimum absolute atomic E-state index is 0.404. The van der Waals surface area contributed by atoms with Crippen LogP contribution in [0.25, 0.3) is 0 Å². The molecule has 0 radical (unpaired) electrons. The van der Waals surface area contributed by atoms with Gasteiger partial charge < -0.3 is 10.5 Å². The van der Waals surface area contributed by atoms with E-state index in [0.717, 1.165) is 11.3 Å². The van der Waals surface area contributed by atoms with Crippen molar-refractivity contribution in [3.63, 3.8) is 0 Å². The van der Waals surface area contributed by atoms with Gasteiger partial charge in [0.05, 0.1) is 0 Å². The highest BCUT2D eigenvalue weighted by Gasteiger charge is 1.99.